The molecule has 0 aliphatic carbocycles. The molecular formula is C17H17N5O. The van der Waals surface area contributed by atoms with E-state index in [4.69, 9.17) is 11.5 Å². The number of rotatable bonds is 5. The average molecular weight is 307 g/mol. The van der Waals surface area contributed by atoms with E-state index in [1.165, 1.54) is 6.21 Å². The van der Waals surface area contributed by atoms with Crippen molar-refractivity contribution >= 4 is 23.4 Å². The molecule has 2 rings (SSSR count). The number of aliphatic imine (C=N–C) groups is 1. The highest BCUT2D eigenvalue weighted by Gasteiger charge is 2.09. The van der Waals surface area contributed by atoms with Gasteiger partial charge >= 0.3 is 0 Å². The Kier molecular flexibility index (Phi) is 5.25. The molecule has 23 heavy (non-hydrogen) atoms. The van der Waals surface area contributed by atoms with E-state index < -0.39 is 5.91 Å². The molecule has 1 aromatic carbocycles. The van der Waals surface area contributed by atoms with Gasteiger partial charge < -0.3 is 16.8 Å². The van der Waals surface area contributed by atoms with Crippen molar-refractivity contribution in [3.8, 4) is 0 Å². The van der Waals surface area contributed by atoms with Gasteiger partial charge in [0.05, 0.1) is 0 Å². The van der Waals surface area contributed by atoms with Gasteiger partial charge in [-0.3, -0.25) is 9.78 Å². The Hall–Kier alpha value is -3.41. The number of amides is 1. The summed E-state index contributed by atoms with van der Waals surface area (Å²) in [4.78, 5) is 20.0. The minimum absolute atomic E-state index is 0.0801. The number of carbonyl (C=O) groups is 1. The molecule has 0 aliphatic rings. The molecule has 0 spiro atoms. The van der Waals surface area contributed by atoms with Crippen molar-refractivity contribution in [2.75, 3.05) is 5.32 Å². The van der Waals surface area contributed by atoms with E-state index in [9.17, 15) is 4.79 Å². The summed E-state index contributed by atoms with van der Waals surface area (Å²) >= 11 is 0. The normalized spacial score (nSPS) is 11.8. The predicted octanol–water partition coefficient (Wildman–Crippen LogP) is 1.89. The van der Waals surface area contributed by atoms with Crippen LogP contribution < -0.4 is 16.8 Å². The average Bonchev–Trinajstić information content (AvgIpc) is 2.60. The second kappa shape index (κ2) is 7.56. The minimum Gasteiger partial charge on any atom is -0.391 e. The first-order valence-corrected chi connectivity index (χ1v) is 6.83. The van der Waals surface area contributed by atoms with E-state index in [2.05, 4.69) is 21.9 Å². The van der Waals surface area contributed by atoms with E-state index in [0.717, 1.165) is 5.56 Å². The van der Waals surface area contributed by atoms with Crippen LogP contribution in [0.25, 0.3) is 5.57 Å². The van der Waals surface area contributed by atoms with E-state index in [-0.39, 0.29) is 11.5 Å². The van der Waals surface area contributed by atoms with Crippen LogP contribution in [-0.2, 0) is 4.79 Å². The first kappa shape index (κ1) is 16.0. The molecule has 1 heterocycles. The molecular weight excluding hydrogens is 290 g/mol. The van der Waals surface area contributed by atoms with Crippen LogP contribution in [-0.4, -0.2) is 17.1 Å². The van der Waals surface area contributed by atoms with Gasteiger partial charge in [0.2, 0.25) is 0 Å². The van der Waals surface area contributed by atoms with Gasteiger partial charge in [-0.15, -0.1) is 0 Å². The van der Waals surface area contributed by atoms with Crippen LogP contribution in [0.1, 0.15) is 5.56 Å². The van der Waals surface area contributed by atoms with E-state index in [0.29, 0.717) is 11.3 Å². The summed E-state index contributed by atoms with van der Waals surface area (Å²) in [6.45, 7) is 3.86. The van der Waals surface area contributed by atoms with Gasteiger partial charge in [0.25, 0.3) is 5.91 Å². The Morgan fingerprint density at radius 2 is 1.91 bits per heavy atom. The van der Waals surface area contributed by atoms with Gasteiger partial charge in [0.1, 0.15) is 5.70 Å². The molecule has 5 N–H and O–H groups in total. The van der Waals surface area contributed by atoms with Crippen molar-refractivity contribution < 1.29 is 4.79 Å². The van der Waals surface area contributed by atoms with E-state index in [1.807, 2.05) is 12.1 Å². The van der Waals surface area contributed by atoms with Gasteiger partial charge in [0, 0.05) is 29.9 Å². The first-order valence-electron chi connectivity index (χ1n) is 6.83. The van der Waals surface area contributed by atoms with Crippen LogP contribution >= 0.6 is 0 Å². The highest BCUT2D eigenvalue weighted by Crippen LogP contribution is 2.09. The topological polar surface area (TPSA) is 106 Å². The highest BCUT2D eigenvalue weighted by molar-refractivity contribution is 6.09. The van der Waals surface area contributed by atoms with Gasteiger partial charge in [-0.1, -0.05) is 30.8 Å². The lowest BCUT2D eigenvalue weighted by molar-refractivity contribution is -0.113. The summed E-state index contributed by atoms with van der Waals surface area (Å²) in [6, 6.07) is 12.6. The number of anilines is 1. The quantitative estimate of drug-likeness (QED) is 0.579. The van der Waals surface area contributed by atoms with Crippen LogP contribution in [0.15, 0.2) is 77.9 Å². The van der Waals surface area contributed by atoms with E-state index >= 15 is 0 Å². The number of aromatic nitrogens is 1. The van der Waals surface area contributed by atoms with Crippen LogP contribution in [0.3, 0.4) is 0 Å². The molecule has 6 nitrogen and oxygen atoms in total. The molecule has 2 aromatic rings. The van der Waals surface area contributed by atoms with Crippen molar-refractivity contribution in [2.24, 2.45) is 16.5 Å². The van der Waals surface area contributed by atoms with Crippen molar-refractivity contribution in [3.63, 3.8) is 0 Å². The summed E-state index contributed by atoms with van der Waals surface area (Å²) in [5.74, 6) is -0.596. The van der Waals surface area contributed by atoms with Crippen molar-refractivity contribution in [1.29, 1.82) is 0 Å². The lowest BCUT2D eigenvalue weighted by Gasteiger charge is -2.06. The summed E-state index contributed by atoms with van der Waals surface area (Å²) < 4.78 is 0. The molecule has 1 aromatic heterocycles. The van der Waals surface area contributed by atoms with Gasteiger partial charge in [0.15, 0.2) is 5.82 Å². The smallest absolute Gasteiger partial charge is 0.275 e. The highest BCUT2D eigenvalue weighted by atomic mass is 16.2. The molecule has 0 atom stereocenters. The zero-order valence-electron chi connectivity index (χ0n) is 12.4. The van der Waals surface area contributed by atoms with Crippen LogP contribution in [0.5, 0.6) is 0 Å². The summed E-state index contributed by atoms with van der Waals surface area (Å²) in [5.41, 5.74) is 13.3. The molecule has 0 fully saturated rings. The zero-order valence-corrected chi connectivity index (χ0v) is 12.4. The second-order valence-electron chi connectivity index (χ2n) is 4.64. The molecule has 0 bridgehead atoms. The fourth-order valence-electron chi connectivity index (χ4n) is 1.68. The maximum atomic E-state index is 12.0. The third kappa shape index (κ3) is 4.53. The molecule has 0 saturated carbocycles. The summed E-state index contributed by atoms with van der Waals surface area (Å²) in [7, 11) is 0. The fraction of sp³-hybridized carbons (Fsp3) is 0. The number of nitrogens with one attached hydrogen (secondary N) is 1. The van der Waals surface area contributed by atoms with Crippen molar-refractivity contribution in [2.45, 2.75) is 0 Å². The van der Waals surface area contributed by atoms with E-state index in [1.54, 1.807) is 42.7 Å². The largest absolute Gasteiger partial charge is 0.391 e. The Bertz CT molecular complexity index is 751. The molecule has 0 aliphatic heterocycles. The molecule has 1 amide bonds. The number of allylic oxidation sites excluding steroid dienone is 1. The second-order valence-corrected chi connectivity index (χ2v) is 4.64. The Labute approximate surface area is 134 Å². The monoisotopic (exact) mass is 307 g/mol. The molecule has 6 heteroatoms. The molecule has 116 valence electrons. The predicted molar refractivity (Wildman–Crippen MR) is 92.2 cm³/mol. The Morgan fingerprint density at radius 3 is 2.57 bits per heavy atom. The lowest BCUT2D eigenvalue weighted by atomic mass is 10.1. The number of para-hydroxylation sites is 1. The lowest BCUT2D eigenvalue weighted by Crippen LogP contribution is -2.23. The van der Waals surface area contributed by atoms with Crippen LogP contribution in [0.4, 0.5) is 5.69 Å². The van der Waals surface area contributed by atoms with Gasteiger partial charge in [-0.2, -0.15) is 0 Å². The van der Waals surface area contributed by atoms with Gasteiger partial charge in [-0.25, -0.2) is 4.99 Å². The minimum atomic E-state index is -0.516. The summed E-state index contributed by atoms with van der Waals surface area (Å²) in [6.07, 6.45) is 4.75. The van der Waals surface area contributed by atoms with Crippen molar-refractivity contribution in [3.05, 3.63) is 78.5 Å². The number of benzene rings is 1. The fourth-order valence-corrected chi connectivity index (χ4v) is 1.68. The maximum Gasteiger partial charge on any atom is 0.275 e. The first-order chi connectivity index (χ1) is 11.1. The molecule has 0 saturated heterocycles. The number of hydrogen-bond donors (Lipinski definition) is 3. The number of nitrogens with zero attached hydrogens (tertiary/aromatic N) is 2. The molecule has 0 radical (unpaired) electrons. The standard InChI is InChI=1S/C17H17N5O/c1-12(13-6-5-9-20-11-13)10-21-16(19)15(18)17(23)22-14-7-3-2-4-8-14/h2-11H,1,18-19H2,(H,22,23)/b16-15-,21-10-. The zero-order chi connectivity index (χ0) is 16.7. The molecule has 0 unspecified atom stereocenters. The number of nitrogens with two attached hydrogens (primary N) is 2. The SMILES string of the molecule is C=C(/C=N\C(N)=C(/N)C(=O)Nc1ccccc1)c1cccnc1. The van der Waals surface area contributed by atoms with Crippen LogP contribution in [0.2, 0.25) is 0 Å². The number of pyridine rings is 1. The Balaban J connectivity index is 2.06. The number of hydrogen-bond acceptors (Lipinski definition) is 5. The number of carbonyl (C=O) groups excluding carboxylic acids is 1. The summed E-state index contributed by atoms with van der Waals surface area (Å²) in [5, 5.41) is 2.63. The van der Waals surface area contributed by atoms with Gasteiger partial charge in [-0.05, 0) is 23.8 Å². The third-order valence-corrected chi connectivity index (χ3v) is 2.94. The van der Waals surface area contributed by atoms with Crippen LogP contribution in [0, 0.1) is 0 Å². The Morgan fingerprint density at radius 1 is 1.17 bits per heavy atom. The maximum absolute atomic E-state index is 12.0. The van der Waals surface area contributed by atoms with Crippen molar-refractivity contribution in [1.82, 2.24) is 4.98 Å². The third-order valence-electron chi connectivity index (χ3n) is 2.94.